The molecule has 5 nitrogen and oxygen atoms in total. The molecule has 0 saturated heterocycles. The molecule has 16 heavy (non-hydrogen) atoms. The summed E-state index contributed by atoms with van der Waals surface area (Å²) < 4.78 is 12.0. The summed E-state index contributed by atoms with van der Waals surface area (Å²) in [5, 5.41) is 4.12. The molecule has 0 aliphatic rings. The van der Waals surface area contributed by atoms with Gasteiger partial charge in [0.2, 0.25) is 0 Å². The maximum absolute atomic E-state index is 5.57. The second-order valence-corrected chi connectivity index (χ2v) is 3.22. The van der Waals surface area contributed by atoms with Crippen molar-refractivity contribution in [1.82, 2.24) is 9.78 Å². The number of benzene rings is 1. The summed E-state index contributed by atoms with van der Waals surface area (Å²) in [6.07, 6.45) is 1.78. The van der Waals surface area contributed by atoms with E-state index in [1.807, 2.05) is 12.1 Å². The third-order valence-corrected chi connectivity index (χ3v) is 2.24. The Morgan fingerprint density at radius 1 is 1.19 bits per heavy atom. The Hall–Kier alpha value is -2.17. The monoisotopic (exact) mass is 219 g/mol. The first kappa shape index (κ1) is 10.4. The third-order valence-electron chi connectivity index (χ3n) is 2.24. The number of hydrogen-bond acceptors (Lipinski definition) is 4. The molecule has 1 aromatic heterocycles. The fourth-order valence-corrected chi connectivity index (χ4v) is 1.45. The number of methoxy groups -OCH3 is 2. The van der Waals surface area contributed by atoms with Crippen LogP contribution in [-0.2, 0) is 0 Å². The van der Waals surface area contributed by atoms with Crippen molar-refractivity contribution in [3.63, 3.8) is 0 Å². The maximum Gasteiger partial charge on any atom is 0.148 e. The molecule has 0 unspecified atom stereocenters. The van der Waals surface area contributed by atoms with Crippen LogP contribution >= 0.6 is 0 Å². The quantitative estimate of drug-likeness (QED) is 0.849. The van der Waals surface area contributed by atoms with Gasteiger partial charge >= 0.3 is 0 Å². The normalized spacial score (nSPS) is 10.1. The van der Waals surface area contributed by atoms with E-state index in [-0.39, 0.29) is 0 Å². The van der Waals surface area contributed by atoms with Crippen LogP contribution < -0.4 is 15.2 Å². The summed E-state index contributed by atoms with van der Waals surface area (Å²) in [7, 11) is 3.21. The molecule has 2 rings (SSSR count). The van der Waals surface area contributed by atoms with Gasteiger partial charge in [-0.25, -0.2) is 4.68 Å². The molecule has 0 aliphatic heterocycles. The van der Waals surface area contributed by atoms with Crippen LogP contribution in [-0.4, -0.2) is 24.0 Å². The lowest BCUT2D eigenvalue weighted by Crippen LogP contribution is -2.00. The van der Waals surface area contributed by atoms with Gasteiger partial charge in [-0.15, -0.1) is 0 Å². The van der Waals surface area contributed by atoms with Gasteiger partial charge in [-0.3, -0.25) is 0 Å². The molecule has 84 valence electrons. The molecule has 0 fully saturated rings. The molecule has 2 N–H and O–H groups in total. The van der Waals surface area contributed by atoms with Crippen molar-refractivity contribution >= 4 is 5.82 Å². The predicted octanol–water partition coefficient (Wildman–Crippen LogP) is 1.47. The van der Waals surface area contributed by atoms with Crippen molar-refractivity contribution < 1.29 is 9.47 Å². The van der Waals surface area contributed by atoms with E-state index >= 15 is 0 Å². The van der Waals surface area contributed by atoms with Gasteiger partial charge in [0.1, 0.15) is 23.0 Å². The first-order valence-corrected chi connectivity index (χ1v) is 4.78. The van der Waals surface area contributed by atoms with Gasteiger partial charge in [0.15, 0.2) is 0 Å². The number of hydrogen-bond donors (Lipinski definition) is 1. The molecule has 0 saturated carbocycles. The van der Waals surface area contributed by atoms with E-state index in [1.165, 1.54) is 0 Å². The number of aromatic nitrogens is 2. The summed E-state index contributed by atoms with van der Waals surface area (Å²) in [5.41, 5.74) is 6.39. The predicted molar refractivity (Wildman–Crippen MR) is 61.1 cm³/mol. The fraction of sp³-hybridized carbons (Fsp3) is 0.182. The van der Waals surface area contributed by atoms with E-state index in [9.17, 15) is 0 Å². The second kappa shape index (κ2) is 4.14. The zero-order chi connectivity index (χ0) is 11.5. The van der Waals surface area contributed by atoms with Crippen molar-refractivity contribution in [2.24, 2.45) is 0 Å². The van der Waals surface area contributed by atoms with E-state index in [4.69, 9.17) is 15.2 Å². The van der Waals surface area contributed by atoms with Crippen LogP contribution in [0.1, 0.15) is 0 Å². The van der Waals surface area contributed by atoms with Gasteiger partial charge in [0.05, 0.1) is 14.2 Å². The Balaban J connectivity index is 2.48. The zero-order valence-corrected chi connectivity index (χ0v) is 9.18. The molecule has 2 aromatic rings. The van der Waals surface area contributed by atoms with Gasteiger partial charge in [0.25, 0.3) is 0 Å². The summed E-state index contributed by atoms with van der Waals surface area (Å²) in [6, 6.07) is 7.23. The average molecular weight is 219 g/mol. The fourth-order valence-electron chi connectivity index (χ4n) is 1.45. The maximum atomic E-state index is 5.57. The lowest BCUT2D eigenvalue weighted by atomic mass is 10.3. The molecule has 0 spiro atoms. The number of rotatable bonds is 3. The topological polar surface area (TPSA) is 62.3 Å². The molecular formula is C11H13N3O2. The Morgan fingerprint density at radius 3 is 2.56 bits per heavy atom. The summed E-state index contributed by atoms with van der Waals surface area (Å²) in [4.78, 5) is 0. The number of nitrogen functional groups attached to an aromatic ring is 1. The SMILES string of the molecule is COc1ccc(-n2ccc(N)n2)c(OC)c1. The first-order chi connectivity index (χ1) is 7.74. The van der Waals surface area contributed by atoms with Gasteiger partial charge in [-0.1, -0.05) is 0 Å². The summed E-state index contributed by atoms with van der Waals surface area (Å²) >= 11 is 0. The van der Waals surface area contributed by atoms with Crippen LogP contribution in [0.5, 0.6) is 11.5 Å². The Bertz CT molecular complexity index is 494. The van der Waals surface area contributed by atoms with Gasteiger partial charge in [-0.05, 0) is 12.1 Å². The number of nitrogens with two attached hydrogens (primary N) is 1. The number of nitrogens with zero attached hydrogens (tertiary/aromatic N) is 2. The second-order valence-electron chi connectivity index (χ2n) is 3.22. The molecule has 5 heteroatoms. The lowest BCUT2D eigenvalue weighted by molar-refractivity contribution is 0.392. The summed E-state index contributed by atoms with van der Waals surface area (Å²) in [6.45, 7) is 0. The highest BCUT2D eigenvalue weighted by molar-refractivity contribution is 5.51. The highest BCUT2D eigenvalue weighted by Gasteiger charge is 2.07. The molecule has 1 aromatic carbocycles. The zero-order valence-electron chi connectivity index (χ0n) is 9.18. The van der Waals surface area contributed by atoms with Crippen molar-refractivity contribution in [2.75, 3.05) is 20.0 Å². The number of anilines is 1. The van der Waals surface area contributed by atoms with E-state index < -0.39 is 0 Å². The smallest absolute Gasteiger partial charge is 0.148 e. The average Bonchev–Trinajstić information content (AvgIpc) is 2.74. The van der Waals surface area contributed by atoms with Crippen LogP contribution in [0.3, 0.4) is 0 Å². The van der Waals surface area contributed by atoms with Crippen molar-refractivity contribution in [2.45, 2.75) is 0 Å². The summed E-state index contributed by atoms with van der Waals surface area (Å²) in [5.74, 6) is 1.89. The molecule has 0 aliphatic carbocycles. The van der Waals surface area contributed by atoms with E-state index in [2.05, 4.69) is 5.10 Å². The van der Waals surface area contributed by atoms with Crippen molar-refractivity contribution in [1.29, 1.82) is 0 Å². The van der Waals surface area contributed by atoms with Crippen LogP contribution in [0.2, 0.25) is 0 Å². The van der Waals surface area contributed by atoms with Gasteiger partial charge < -0.3 is 15.2 Å². The van der Waals surface area contributed by atoms with Crippen LogP contribution in [0.15, 0.2) is 30.5 Å². The standard InChI is InChI=1S/C11H13N3O2/c1-15-8-3-4-9(10(7-8)16-2)14-6-5-11(12)13-14/h3-7H,1-2H3,(H2,12,13). The van der Waals surface area contributed by atoms with Crippen LogP contribution in [0, 0.1) is 0 Å². The highest BCUT2D eigenvalue weighted by atomic mass is 16.5. The Morgan fingerprint density at radius 2 is 2.00 bits per heavy atom. The Kier molecular flexibility index (Phi) is 2.68. The van der Waals surface area contributed by atoms with Crippen LogP contribution in [0.25, 0.3) is 5.69 Å². The first-order valence-electron chi connectivity index (χ1n) is 4.78. The van der Waals surface area contributed by atoms with E-state index in [0.717, 1.165) is 11.4 Å². The van der Waals surface area contributed by atoms with Crippen molar-refractivity contribution in [3.8, 4) is 17.2 Å². The van der Waals surface area contributed by atoms with Gasteiger partial charge in [-0.2, -0.15) is 5.10 Å². The van der Waals surface area contributed by atoms with E-state index in [0.29, 0.717) is 11.6 Å². The third kappa shape index (κ3) is 1.79. The minimum absolute atomic E-state index is 0.470. The Labute approximate surface area is 93.4 Å². The van der Waals surface area contributed by atoms with Crippen molar-refractivity contribution in [3.05, 3.63) is 30.5 Å². The minimum Gasteiger partial charge on any atom is -0.497 e. The largest absolute Gasteiger partial charge is 0.497 e. The molecule has 0 atom stereocenters. The molecule has 0 bridgehead atoms. The van der Waals surface area contributed by atoms with Crippen LogP contribution in [0.4, 0.5) is 5.82 Å². The van der Waals surface area contributed by atoms with Gasteiger partial charge in [0, 0.05) is 18.3 Å². The molecule has 1 heterocycles. The molecule has 0 radical (unpaired) electrons. The highest BCUT2D eigenvalue weighted by Crippen LogP contribution is 2.27. The molecular weight excluding hydrogens is 206 g/mol. The number of ether oxygens (including phenoxy) is 2. The van der Waals surface area contributed by atoms with E-state index in [1.54, 1.807) is 37.2 Å². The lowest BCUT2D eigenvalue weighted by Gasteiger charge is -2.09. The minimum atomic E-state index is 0.470. The molecule has 0 amide bonds.